The molecule has 0 heterocycles. The van der Waals surface area contributed by atoms with Gasteiger partial charge in [-0.3, -0.25) is 0 Å². The first-order chi connectivity index (χ1) is 14.1. The summed E-state index contributed by atoms with van der Waals surface area (Å²) in [6.45, 7) is 17.9. The molecule has 4 atom stereocenters. The molecule has 0 aliphatic carbocycles. The van der Waals surface area contributed by atoms with E-state index in [0.29, 0.717) is 0 Å². The largest absolute Gasteiger partial charge is 0.303 e. The highest BCUT2D eigenvalue weighted by Gasteiger charge is 2.06. The fraction of sp³-hybridized carbons (Fsp3) is 0.929. The fourth-order valence-corrected chi connectivity index (χ4v) is 3.75. The predicted octanol–water partition coefficient (Wildman–Crippen LogP) is 8.91. The van der Waals surface area contributed by atoms with Gasteiger partial charge in [-0.05, 0) is 36.5 Å². The van der Waals surface area contributed by atoms with Gasteiger partial charge in [0.15, 0.2) is 0 Å². The monoisotopic (exact) mass is 424 g/mol. The molecule has 0 aliphatic heterocycles. The molecule has 0 saturated heterocycles. The van der Waals surface area contributed by atoms with Crippen LogP contribution in [0.1, 0.15) is 132 Å². The first kappa shape index (κ1) is 31.5. The second kappa shape index (κ2) is 21.6. The Balaban J connectivity index is 0. The average Bonchev–Trinajstić information content (AvgIpc) is 2.67. The second-order valence-electron chi connectivity index (χ2n) is 10.9. The first-order valence-corrected chi connectivity index (χ1v) is 13.0. The van der Waals surface area contributed by atoms with Gasteiger partial charge in [0.25, 0.3) is 0 Å². The third-order valence-electron chi connectivity index (χ3n) is 6.13. The summed E-state index contributed by atoms with van der Waals surface area (Å²) in [4.78, 5) is 20.9. The molecule has 0 aromatic carbocycles. The van der Waals surface area contributed by atoms with Crippen molar-refractivity contribution < 1.29 is 9.59 Å². The van der Waals surface area contributed by atoms with Crippen LogP contribution in [-0.2, 0) is 9.59 Å². The molecule has 4 unspecified atom stereocenters. The molecule has 0 aromatic heterocycles. The number of rotatable bonds is 18. The second-order valence-corrected chi connectivity index (χ2v) is 10.9. The molecule has 0 N–H and O–H groups in total. The number of carbonyl (C=O) groups excluding carboxylic acids is 2. The van der Waals surface area contributed by atoms with Gasteiger partial charge in [-0.2, -0.15) is 0 Å². The van der Waals surface area contributed by atoms with Crippen LogP contribution in [0, 0.1) is 35.5 Å². The Morgan fingerprint density at radius 3 is 0.933 bits per heavy atom. The summed E-state index contributed by atoms with van der Waals surface area (Å²) < 4.78 is 0. The van der Waals surface area contributed by atoms with E-state index < -0.39 is 0 Å². The minimum Gasteiger partial charge on any atom is -0.303 e. The van der Waals surface area contributed by atoms with Crippen molar-refractivity contribution in [3.63, 3.8) is 0 Å². The Hall–Kier alpha value is -0.660. The Morgan fingerprint density at radius 2 is 0.700 bits per heavy atom. The van der Waals surface area contributed by atoms with Crippen molar-refractivity contribution in [2.75, 3.05) is 0 Å². The topological polar surface area (TPSA) is 34.1 Å². The Labute approximate surface area is 190 Å². The molecule has 0 radical (unpaired) electrons. The van der Waals surface area contributed by atoms with Gasteiger partial charge < -0.3 is 9.59 Å². The molecule has 2 nitrogen and oxygen atoms in total. The molecule has 0 amide bonds. The molecule has 2 heteroatoms. The smallest absolute Gasteiger partial charge is 0.122 e. The fourth-order valence-electron chi connectivity index (χ4n) is 3.75. The van der Waals surface area contributed by atoms with E-state index in [4.69, 9.17) is 0 Å². The van der Waals surface area contributed by atoms with Crippen LogP contribution in [0.4, 0.5) is 0 Å². The summed E-state index contributed by atoms with van der Waals surface area (Å²) in [6.07, 6.45) is 17.4. The zero-order valence-corrected chi connectivity index (χ0v) is 21.9. The predicted molar refractivity (Wildman–Crippen MR) is 134 cm³/mol. The van der Waals surface area contributed by atoms with E-state index in [1.807, 2.05) is 13.8 Å². The van der Waals surface area contributed by atoms with Crippen molar-refractivity contribution in [1.29, 1.82) is 0 Å². The minimum absolute atomic E-state index is 0.257. The van der Waals surface area contributed by atoms with Gasteiger partial charge in [0.2, 0.25) is 0 Å². The van der Waals surface area contributed by atoms with Gasteiger partial charge >= 0.3 is 0 Å². The van der Waals surface area contributed by atoms with Gasteiger partial charge in [0.05, 0.1) is 0 Å². The SMILES string of the molecule is CC(C)CCCC(C)CCCC(C)C=O.CC(C)CCCC(C)CCCC(C)C=O. The molecule has 0 bridgehead atoms. The van der Waals surface area contributed by atoms with Crippen molar-refractivity contribution >= 4 is 12.6 Å². The van der Waals surface area contributed by atoms with Gasteiger partial charge in [0.1, 0.15) is 12.6 Å². The molecule has 0 saturated carbocycles. The maximum Gasteiger partial charge on any atom is 0.122 e. The molecular weight excluding hydrogens is 368 g/mol. The van der Waals surface area contributed by atoms with E-state index in [1.165, 1.54) is 64.2 Å². The summed E-state index contributed by atoms with van der Waals surface area (Å²) in [6, 6.07) is 0. The maximum atomic E-state index is 10.4. The van der Waals surface area contributed by atoms with Crippen molar-refractivity contribution in [3.8, 4) is 0 Å². The number of hydrogen-bond acceptors (Lipinski definition) is 2. The van der Waals surface area contributed by atoms with Crippen molar-refractivity contribution in [2.45, 2.75) is 132 Å². The van der Waals surface area contributed by atoms with Crippen LogP contribution in [0.5, 0.6) is 0 Å². The van der Waals surface area contributed by atoms with Crippen LogP contribution in [0.2, 0.25) is 0 Å². The van der Waals surface area contributed by atoms with Crippen LogP contribution in [0.15, 0.2) is 0 Å². The lowest BCUT2D eigenvalue weighted by Crippen LogP contribution is -2.00. The zero-order chi connectivity index (χ0) is 23.4. The van der Waals surface area contributed by atoms with E-state index in [9.17, 15) is 9.59 Å². The highest BCUT2D eigenvalue weighted by Crippen LogP contribution is 2.19. The lowest BCUT2D eigenvalue weighted by Gasteiger charge is -2.12. The van der Waals surface area contributed by atoms with Crippen LogP contribution in [-0.4, -0.2) is 12.6 Å². The summed E-state index contributed by atoms with van der Waals surface area (Å²) in [5.41, 5.74) is 0. The van der Waals surface area contributed by atoms with Crippen LogP contribution in [0.3, 0.4) is 0 Å². The average molecular weight is 425 g/mol. The lowest BCUT2D eigenvalue weighted by molar-refractivity contribution is -0.111. The Morgan fingerprint density at radius 1 is 0.433 bits per heavy atom. The van der Waals surface area contributed by atoms with E-state index >= 15 is 0 Å². The van der Waals surface area contributed by atoms with Crippen LogP contribution in [0.25, 0.3) is 0 Å². The summed E-state index contributed by atoms with van der Waals surface area (Å²) in [7, 11) is 0. The van der Waals surface area contributed by atoms with E-state index in [2.05, 4.69) is 41.5 Å². The lowest BCUT2D eigenvalue weighted by atomic mass is 9.94. The molecule has 0 spiro atoms. The van der Waals surface area contributed by atoms with Crippen molar-refractivity contribution in [3.05, 3.63) is 0 Å². The van der Waals surface area contributed by atoms with E-state index in [0.717, 1.165) is 49.1 Å². The Bertz CT molecular complexity index is 339. The number of carbonyl (C=O) groups is 2. The van der Waals surface area contributed by atoms with Gasteiger partial charge in [-0.25, -0.2) is 0 Å². The third kappa shape index (κ3) is 25.4. The van der Waals surface area contributed by atoms with Gasteiger partial charge in [0, 0.05) is 11.8 Å². The molecule has 0 fully saturated rings. The standard InChI is InChI=1S/2C14H28O/c2*1-12(2)7-5-8-13(3)9-6-10-14(4)11-15/h2*11-14H,5-10H2,1-4H3. The highest BCUT2D eigenvalue weighted by molar-refractivity contribution is 5.52. The quantitative estimate of drug-likeness (QED) is 0.206. The van der Waals surface area contributed by atoms with Gasteiger partial charge in [-0.15, -0.1) is 0 Å². The summed E-state index contributed by atoms with van der Waals surface area (Å²) in [5.74, 6) is 3.87. The maximum absolute atomic E-state index is 10.4. The van der Waals surface area contributed by atoms with Crippen molar-refractivity contribution in [2.24, 2.45) is 35.5 Å². The van der Waals surface area contributed by atoms with E-state index in [1.54, 1.807) is 0 Å². The number of aldehydes is 2. The third-order valence-corrected chi connectivity index (χ3v) is 6.13. The molecule has 180 valence electrons. The van der Waals surface area contributed by atoms with Crippen LogP contribution >= 0.6 is 0 Å². The minimum atomic E-state index is 0.257. The van der Waals surface area contributed by atoms with Gasteiger partial charge in [-0.1, -0.05) is 120 Å². The Kier molecular flexibility index (Phi) is 22.7. The first-order valence-electron chi connectivity index (χ1n) is 13.0. The molecule has 0 aromatic rings. The summed E-state index contributed by atoms with van der Waals surface area (Å²) in [5, 5.41) is 0. The van der Waals surface area contributed by atoms with E-state index in [-0.39, 0.29) is 11.8 Å². The highest BCUT2D eigenvalue weighted by atomic mass is 16.1. The summed E-state index contributed by atoms with van der Waals surface area (Å²) >= 11 is 0. The molecular formula is C28H56O2. The van der Waals surface area contributed by atoms with Crippen molar-refractivity contribution in [1.82, 2.24) is 0 Å². The number of hydrogen-bond donors (Lipinski definition) is 0. The normalized spacial score (nSPS) is 15.3. The molecule has 30 heavy (non-hydrogen) atoms. The molecule has 0 aliphatic rings. The zero-order valence-electron chi connectivity index (χ0n) is 21.9. The molecule has 0 rings (SSSR count). The van der Waals surface area contributed by atoms with Crippen LogP contribution < -0.4 is 0 Å².